The van der Waals surface area contributed by atoms with E-state index in [9.17, 15) is 9.59 Å². The van der Waals surface area contributed by atoms with Gasteiger partial charge in [-0.05, 0) is 159 Å². The molecular weight excluding hydrogens is 1070 g/mol. The van der Waals surface area contributed by atoms with Gasteiger partial charge < -0.3 is 18.8 Å². The van der Waals surface area contributed by atoms with Gasteiger partial charge in [-0.15, -0.1) is 0 Å². The molecule has 10 aromatic carbocycles. The third-order valence-electron chi connectivity index (χ3n) is 13.3. The number of hydrogen-bond donors (Lipinski definition) is 0. The lowest BCUT2D eigenvalue weighted by Gasteiger charge is -2.32. The van der Waals surface area contributed by atoms with E-state index in [-0.39, 0.29) is 11.9 Å². The molecule has 10 aromatic rings. The molecular formula is C60H50BBr3O6. The topological polar surface area (TPSA) is 71.1 Å². The van der Waals surface area contributed by atoms with Gasteiger partial charge in [0.15, 0.2) is 0 Å². The number of benzene rings is 10. The minimum Gasteiger partial charge on any atom is -0.462 e. The third kappa shape index (κ3) is 9.40. The van der Waals surface area contributed by atoms with Crippen LogP contribution in [-0.4, -0.2) is 43.5 Å². The first-order chi connectivity index (χ1) is 33.7. The number of carbonyl (C=O) groups excluding carboxylic acids is 2. The van der Waals surface area contributed by atoms with E-state index in [1.165, 1.54) is 53.9 Å². The molecule has 0 aliphatic carbocycles. The van der Waals surface area contributed by atoms with Gasteiger partial charge in [0, 0.05) is 13.4 Å². The van der Waals surface area contributed by atoms with Gasteiger partial charge in [0.1, 0.15) is 0 Å². The maximum atomic E-state index is 12.7. The molecule has 0 saturated carbocycles. The molecule has 70 heavy (non-hydrogen) atoms. The molecule has 0 N–H and O–H groups in total. The second kappa shape index (κ2) is 20.5. The molecule has 6 nitrogen and oxygen atoms in total. The lowest BCUT2D eigenvalue weighted by molar-refractivity contribution is 0.00578. The number of hydrogen-bond acceptors (Lipinski definition) is 6. The summed E-state index contributed by atoms with van der Waals surface area (Å²) in [4.78, 5) is 24.7. The molecule has 0 bridgehead atoms. The van der Waals surface area contributed by atoms with Gasteiger partial charge in [-0.2, -0.15) is 0 Å². The SMILES string of the molecule is Brc1cc2c3ccccc3c(Br)cc2c2ccccc12.CCOC(=O)c1ccccc1-c1cc2c3ccccc3c(Br)cc2c2ccccc12.CCOC(=O)c1ccccc1B1OC(C)(C)C(C)(C)O1. The number of ether oxygens (including phenoxy) is 2. The second-order valence-electron chi connectivity index (χ2n) is 18.0. The molecule has 0 spiro atoms. The van der Waals surface area contributed by atoms with Crippen LogP contribution in [-0.2, 0) is 18.8 Å². The summed E-state index contributed by atoms with van der Waals surface area (Å²) in [6.07, 6.45) is 0. The first kappa shape index (κ1) is 49.1. The molecule has 11 rings (SSSR count). The van der Waals surface area contributed by atoms with Crippen molar-refractivity contribution >= 4 is 137 Å². The highest BCUT2D eigenvalue weighted by Crippen LogP contribution is 2.42. The zero-order chi connectivity index (χ0) is 49.3. The average Bonchev–Trinajstić information content (AvgIpc) is 3.60. The van der Waals surface area contributed by atoms with Gasteiger partial charge in [-0.25, -0.2) is 9.59 Å². The van der Waals surface area contributed by atoms with E-state index >= 15 is 0 Å². The van der Waals surface area contributed by atoms with Gasteiger partial charge in [0.2, 0.25) is 0 Å². The quantitative estimate of drug-likeness (QED) is 0.0939. The molecule has 1 saturated heterocycles. The molecule has 0 amide bonds. The Bertz CT molecular complexity index is 3550. The summed E-state index contributed by atoms with van der Waals surface area (Å²) in [6.45, 7) is 12.3. The van der Waals surface area contributed by atoms with Crippen LogP contribution in [0.5, 0.6) is 0 Å². The van der Waals surface area contributed by atoms with Crippen molar-refractivity contribution in [3.8, 4) is 11.1 Å². The fraction of sp³-hybridized carbons (Fsp3) is 0.167. The van der Waals surface area contributed by atoms with Gasteiger partial charge in [0.25, 0.3) is 0 Å². The molecule has 1 aliphatic rings. The Morgan fingerprint density at radius 2 is 0.743 bits per heavy atom. The zero-order valence-electron chi connectivity index (χ0n) is 39.7. The van der Waals surface area contributed by atoms with Crippen LogP contribution in [0.25, 0.3) is 75.8 Å². The van der Waals surface area contributed by atoms with Gasteiger partial charge >= 0.3 is 19.1 Å². The minimum atomic E-state index is -0.555. The Morgan fingerprint density at radius 3 is 1.19 bits per heavy atom. The molecule has 0 aromatic heterocycles. The van der Waals surface area contributed by atoms with Crippen molar-refractivity contribution in [3.63, 3.8) is 0 Å². The van der Waals surface area contributed by atoms with E-state index in [0.29, 0.717) is 29.8 Å². The maximum absolute atomic E-state index is 12.7. The van der Waals surface area contributed by atoms with Crippen LogP contribution >= 0.6 is 47.8 Å². The van der Waals surface area contributed by atoms with Crippen LogP contribution < -0.4 is 5.46 Å². The predicted molar refractivity (Wildman–Crippen MR) is 301 cm³/mol. The Hall–Kier alpha value is -5.88. The Balaban J connectivity index is 0.000000135. The molecule has 10 heteroatoms. The van der Waals surface area contributed by atoms with Crippen LogP contribution in [0.15, 0.2) is 183 Å². The van der Waals surface area contributed by atoms with Gasteiger partial charge in [-0.1, -0.05) is 181 Å². The second-order valence-corrected chi connectivity index (χ2v) is 20.6. The predicted octanol–water partition coefficient (Wildman–Crippen LogP) is 16.6. The summed E-state index contributed by atoms with van der Waals surface area (Å²) in [7, 11) is -0.555. The van der Waals surface area contributed by atoms with Crippen LogP contribution in [0.1, 0.15) is 62.3 Å². The number of esters is 2. The van der Waals surface area contributed by atoms with Crippen molar-refractivity contribution in [2.75, 3.05) is 13.2 Å². The van der Waals surface area contributed by atoms with Crippen molar-refractivity contribution in [1.82, 2.24) is 0 Å². The van der Waals surface area contributed by atoms with Crippen LogP contribution in [0.2, 0.25) is 0 Å². The first-order valence-corrected chi connectivity index (χ1v) is 25.7. The molecule has 0 atom stereocenters. The summed E-state index contributed by atoms with van der Waals surface area (Å²) < 4.78 is 25.8. The summed E-state index contributed by atoms with van der Waals surface area (Å²) in [5.41, 5.74) is 2.86. The highest BCUT2D eigenvalue weighted by atomic mass is 79.9. The van der Waals surface area contributed by atoms with Crippen molar-refractivity contribution in [1.29, 1.82) is 0 Å². The van der Waals surface area contributed by atoms with Crippen molar-refractivity contribution in [2.45, 2.75) is 52.7 Å². The van der Waals surface area contributed by atoms with E-state index in [4.69, 9.17) is 18.8 Å². The Labute approximate surface area is 433 Å². The number of halogens is 3. The minimum absolute atomic E-state index is 0.294. The molecule has 0 radical (unpaired) electrons. The van der Waals surface area contributed by atoms with Gasteiger partial charge in [0.05, 0.1) is 35.5 Å². The van der Waals surface area contributed by atoms with Crippen LogP contribution in [0, 0.1) is 0 Å². The van der Waals surface area contributed by atoms with E-state index in [1.54, 1.807) is 19.1 Å². The Kier molecular flexibility index (Phi) is 14.4. The molecule has 1 heterocycles. The zero-order valence-corrected chi connectivity index (χ0v) is 44.5. The number of carbonyl (C=O) groups is 2. The normalized spacial score (nSPS) is 13.8. The van der Waals surface area contributed by atoms with E-state index in [1.807, 2.05) is 77.1 Å². The van der Waals surface area contributed by atoms with Crippen molar-refractivity contribution in [3.05, 3.63) is 194 Å². The molecule has 350 valence electrons. The summed E-state index contributed by atoms with van der Waals surface area (Å²) in [5.74, 6) is -0.643. The average molecular weight is 1120 g/mol. The highest BCUT2D eigenvalue weighted by Gasteiger charge is 2.52. The van der Waals surface area contributed by atoms with Crippen molar-refractivity contribution in [2.24, 2.45) is 0 Å². The highest BCUT2D eigenvalue weighted by molar-refractivity contribution is 9.11. The summed E-state index contributed by atoms with van der Waals surface area (Å²) in [5, 5.41) is 14.6. The van der Waals surface area contributed by atoms with E-state index in [2.05, 4.69) is 163 Å². The standard InChI is InChI=1S/C27H19BrO2.C18H10Br2.C15H21BO4/c1-2-30-27(29)22-14-8-6-12-20(22)23-15-24-19-11-5-7-13-21(19)26(28)16-25(24)18-10-4-3-9-17(18)23;19-17-10-16-12-6-2-4-8-14(12)18(20)9-15(16)11-5-1-3-7-13(11)17;1-6-18-13(17)11-9-7-8-10-12(11)16-19-14(2,3)15(4,5)20-16/h3-16H,2H2,1H3;1-10H;7-10H,6H2,1-5H3. The summed E-state index contributed by atoms with van der Waals surface area (Å²) in [6, 6.07) is 57.6. The first-order valence-electron chi connectivity index (χ1n) is 23.3. The lowest BCUT2D eigenvalue weighted by atomic mass is 9.76. The van der Waals surface area contributed by atoms with E-state index < -0.39 is 18.3 Å². The molecule has 1 aliphatic heterocycles. The largest absolute Gasteiger partial charge is 0.495 e. The summed E-state index contributed by atoms with van der Waals surface area (Å²) >= 11 is 11.2. The van der Waals surface area contributed by atoms with Crippen LogP contribution in [0.3, 0.4) is 0 Å². The smallest absolute Gasteiger partial charge is 0.462 e. The molecule has 1 fully saturated rings. The fourth-order valence-electron chi connectivity index (χ4n) is 9.16. The number of rotatable bonds is 6. The maximum Gasteiger partial charge on any atom is 0.495 e. The number of fused-ring (bicyclic) bond motifs is 10. The monoisotopic (exact) mass is 1110 g/mol. The Morgan fingerprint density at radius 1 is 0.414 bits per heavy atom. The van der Waals surface area contributed by atoms with E-state index in [0.717, 1.165) is 35.3 Å². The molecule has 0 unspecified atom stereocenters. The van der Waals surface area contributed by atoms with Crippen LogP contribution in [0.4, 0.5) is 0 Å². The van der Waals surface area contributed by atoms with Crippen molar-refractivity contribution < 1.29 is 28.4 Å². The fourth-order valence-corrected chi connectivity index (χ4v) is 10.9. The third-order valence-corrected chi connectivity index (χ3v) is 15.3. The lowest BCUT2D eigenvalue weighted by Crippen LogP contribution is -2.41. The van der Waals surface area contributed by atoms with Gasteiger partial charge in [-0.3, -0.25) is 0 Å².